The Morgan fingerprint density at radius 1 is 1.28 bits per heavy atom. The topological polar surface area (TPSA) is 37.9 Å². The number of ether oxygens (including phenoxy) is 1. The number of aromatic amines is 1. The van der Waals surface area contributed by atoms with Gasteiger partial charge in [-0.15, -0.1) is 11.3 Å². The first kappa shape index (κ1) is 11.2. The number of aromatic nitrogens is 2. The minimum absolute atomic E-state index is 0.138. The van der Waals surface area contributed by atoms with Crippen LogP contribution in [0, 0.1) is 11.6 Å². The van der Waals surface area contributed by atoms with Crippen LogP contribution < -0.4 is 4.74 Å². The number of halogens is 2. The monoisotopic (exact) mass is 266 g/mol. The van der Waals surface area contributed by atoms with E-state index in [9.17, 15) is 8.78 Å². The molecule has 0 aliphatic rings. The SMILES string of the molecule is COc1csc(-c2nc3c(F)cc(F)cc3[nH]2)c1. The Labute approximate surface area is 105 Å². The summed E-state index contributed by atoms with van der Waals surface area (Å²) in [5.74, 6) is -0.0834. The zero-order valence-electron chi connectivity index (χ0n) is 9.33. The summed E-state index contributed by atoms with van der Waals surface area (Å²) in [5.41, 5.74) is 0.480. The third-order valence-electron chi connectivity index (χ3n) is 2.55. The number of thiophene rings is 1. The fourth-order valence-electron chi connectivity index (χ4n) is 1.71. The number of imidazole rings is 1. The molecule has 92 valence electrons. The zero-order chi connectivity index (χ0) is 12.7. The first-order valence-corrected chi connectivity index (χ1v) is 6.03. The van der Waals surface area contributed by atoms with Crippen LogP contribution in [-0.4, -0.2) is 17.1 Å². The molecule has 0 spiro atoms. The van der Waals surface area contributed by atoms with Crippen molar-refractivity contribution in [2.24, 2.45) is 0 Å². The van der Waals surface area contributed by atoms with Crippen molar-refractivity contribution < 1.29 is 13.5 Å². The van der Waals surface area contributed by atoms with Crippen molar-refractivity contribution in [3.05, 3.63) is 35.2 Å². The van der Waals surface area contributed by atoms with Gasteiger partial charge >= 0.3 is 0 Å². The summed E-state index contributed by atoms with van der Waals surface area (Å²) in [4.78, 5) is 7.83. The van der Waals surface area contributed by atoms with Gasteiger partial charge in [0.05, 0.1) is 17.5 Å². The molecule has 1 N–H and O–H groups in total. The van der Waals surface area contributed by atoms with Crippen molar-refractivity contribution >= 4 is 22.4 Å². The van der Waals surface area contributed by atoms with Gasteiger partial charge in [-0.2, -0.15) is 0 Å². The van der Waals surface area contributed by atoms with Crippen LogP contribution in [0.3, 0.4) is 0 Å². The molecule has 0 aliphatic heterocycles. The number of H-pyrrole nitrogens is 1. The number of nitrogens with zero attached hydrogens (tertiary/aromatic N) is 1. The number of fused-ring (bicyclic) bond motifs is 1. The zero-order valence-corrected chi connectivity index (χ0v) is 10.1. The highest BCUT2D eigenvalue weighted by molar-refractivity contribution is 7.13. The number of rotatable bonds is 2. The third-order valence-corrected chi connectivity index (χ3v) is 3.46. The summed E-state index contributed by atoms with van der Waals surface area (Å²) >= 11 is 1.42. The van der Waals surface area contributed by atoms with Crippen LogP contribution in [0.1, 0.15) is 0 Å². The second-order valence-corrected chi connectivity index (χ2v) is 4.63. The lowest BCUT2D eigenvalue weighted by Gasteiger charge is -1.90. The first-order chi connectivity index (χ1) is 8.67. The van der Waals surface area contributed by atoms with Gasteiger partial charge in [-0.05, 0) is 6.07 Å². The standard InChI is InChI=1S/C12H8F2N2OS/c1-17-7-4-10(18-5-7)12-15-9-3-6(13)2-8(14)11(9)16-12/h2-5H,1H3,(H,15,16). The normalized spacial score (nSPS) is 11.1. The molecule has 0 unspecified atom stereocenters. The van der Waals surface area contributed by atoms with Crippen LogP contribution in [0.15, 0.2) is 23.6 Å². The molecule has 2 heterocycles. The molecule has 0 radical (unpaired) electrons. The minimum Gasteiger partial charge on any atom is -0.496 e. The van der Waals surface area contributed by atoms with Gasteiger partial charge in [0.15, 0.2) is 5.82 Å². The number of hydrogen-bond donors (Lipinski definition) is 1. The molecule has 1 aromatic carbocycles. The van der Waals surface area contributed by atoms with E-state index in [4.69, 9.17) is 4.74 Å². The Morgan fingerprint density at radius 2 is 2.11 bits per heavy atom. The molecule has 18 heavy (non-hydrogen) atoms. The summed E-state index contributed by atoms with van der Waals surface area (Å²) in [6, 6.07) is 3.83. The van der Waals surface area contributed by atoms with E-state index in [1.807, 2.05) is 5.38 Å². The molecule has 0 saturated carbocycles. The molecule has 0 fully saturated rings. The Kier molecular flexibility index (Phi) is 2.52. The van der Waals surface area contributed by atoms with E-state index in [1.165, 1.54) is 17.4 Å². The molecule has 0 bridgehead atoms. The van der Waals surface area contributed by atoms with Crippen LogP contribution in [0.25, 0.3) is 21.7 Å². The average molecular weight is 266 g/mol. The fourth-order valence-corrected chi connectivity index (χ4v) is 2.51. The Hall–Kier alpha value is -1.95. The van der Waals surface area contributed by atoms with Gasteiger partial charge in [0.25, 0.3) is 0 Å². The van der Waals surface area contributed by atoms with Crippen LogP contribution in [0.2, 0.25) is 0 Å². The van der Waals surface area contributed by atoms with Gasteiger partial charge in [0.1, 0.15) is 22.9 Å². The summed E-state index contributed by atoms with van der Waals surface area (Å²) in [6.45, 7) is 0. The predicted octanol–water partition coefficient (Wildman–Crippen LogP) is 3.58. The van der Waals surface area contributed by atoms with Crippen molar-refractivity contribution in [2.75, 3.05) is 7.11 Å². The second kappa shape index (κ2) is 4.06. The highest BCUT2D eigenvalue weighted by Gasteiger charge is 2.12. The van der Waals surface area contributed by atoms with Gasteiger partial charge < -0.3 is 9.72 Å². The van der Waals surface area contributed by atoms with E-state index >= 15 is 0 Å². The lowest BCUT2D eigenvalue weighted by atomic mass is 10.3. The molecule has 0 saturated heterocycles. The largest absolute Gasteiger partial charge is 0.496 e. The highest BCUT2D eigenvalue weighted by Crippen LogP contribution is 2.31. The summed E-state index contributed by atoms with van der Waals surface area (Å²) in [7, 11) is 1.57. The maximum Gasteiger partial charge on any atom is 0.153 e. The van der Waals surface area contributed by atoms with Crippen molar-refractivity contribution in [3.63, 3.8) is 0 Å². The van der Waals surface area contributed by atoms with Gasteiger partial charge in [0.2, 0.25) is 0 Å². The van der Waals surface area contributed by atoms with Gasteiger partial charge in [-0.25, -0.2) is 13.8 Å². The molecule has 3 aromatic rings. The summed E-state index contributed by atoms with van der Waals surface area (Å²) in [6.07, 6.45) is 0. The van der Waals surface area contributed by atoms with Gasteiger partial charge in [-0.3, -0.25) is 0 Å². The van der Waals surface area contributed by atoms with Crippen molar-refractivity contribution in [2.45, 2.75) is 0 Å². The van der Waals surface area contributed by atoms with Crippen LogP contribution in [0.5, 0.6) is 5.75 Å². The lowest BCUT2D eigenvalue weighted by Crippen LogP contribution is -1.81. The Bertz CT molecular complexity index is 720. The molecule has 0 amide bonds. The van der Waals surface area contributed by atoms with Gasteiger partial charge in [-0.1, -0.05) is 0 Å². The Balaban J connectivity index is 2.16. The van der Waals surface area contributed by atoms with E-state index in [2.05, 4.69) is 9.97 Å². The highest BCUT2D eigenvalue weighted by atomic mass is 32.1. The van der Waals surface area contributed by atoms with E-state index < -0.39 is 11.6 Å². The smallest absolute Gasteiger partial charge is 0.153 e. The first-order valence-electron chi connectivity index (χ1n) is 5.15. The van der Waals surface area contributed by atoms with Crippen LogP contribution >= 0.6 is 11.3 Å². The quantitative estimate of drug-likeness (QED) is 0.770. The molecule has 3 nitrogen and oxygen atoms in total. The van der Waals surface area contributed by atoms with E-state index in [-0.39, 0.29) is 5.52 Å². The molecular weight excluding hydrogens is 258 g/mol. The lowest BCUT2D eigenvalue weighted by molar-refractivity contribution is 0.417. The summed E-state index contributed by atoms with van der Waals surface area (Å²) in [5, 5.41) is 1.82. The van der Waals surface area contributed by atoms with E-state index in [0.717, 1.165) is 10.9 Å². The van der Waals surface area contributed by atoms with E-state index in [0.29, 0.717) is 17.1 Å². The number of nitrogens with one attached hydrogen (secondary N) is 1. The number of methoxy groups -OCH3 is 1. The van der Waals surface area contributed by atoms with E-state index in [1.54, 1.807) is 13.2 Å². The minimum atomic E-state index is -0.670. The number of hydrogen-bond acceptors (Lipinski definition) is 3. The van der Waals surface area contributed by atoms with Crippen molar-refractivity contribution in [1.29, 1.82) is 0 Å². The Morgan fingerprint density at radius 3 is 2.83 bits per heavy atom. The molecule has 0 atom stereocenters. The van der Waals surface area contributed by atoms with Gasteiger partial charge in [0, 0.05) is 17.5 Å². The molecule has 3 rings (SSSR count). The molecule has 6 heteroatoms. The van der Waals surface area contributed by atoms with Crippen LogP contribution in [0.4, 0.5) is 8.78 Å². The fraction of sp³-hybridized carbons (Fsp3) is 0.0833. The summed E-state index contributed by atoms with van der Waals surface area (Å²) < 4.78 is 31.6. The van der Waals surface area contributed by atoms with Crippen LogP contribution in [-0.2, 0) is 0 Å². The van der Waals surface area contributed by atoms with Crippen molar-refractivity contribution in [3.8, 4) is 16.5 Å². The number of benzene rings is 1. The molecule has 2 aromatic heterocycles. The maximum absolute atomic E-state index is 13.5. The second-order valence-electron chi connectivity index (χ2n) is 3.72. The third kappa shape index (κ3) is 1.74. The predicted molar refractivity (Wildman–Crippen MR) is 65.9 cm³/mol. The van der Waals surface area contributed by atoms with Crippen molar-refractivity contribution in [1.82, 2.24) is 9.97 Å². The average Bonchev–Trinajstić information content (AvgIpc) is 2.93. The molecular formula is C12H8F2N2OS. The molecule has 0 aliphatic carbocycles. The maximum atomic E-state index is 13.5.